The molecule has 0 amide bonds. The number of hydrogen-bond donors (Lipinski definition) is 1. The highest BCUT2D eigenvalue weighted by molar-refractivity contribution is 5.68. The molecule has 0 saturated heterocycles. The van der Waals surface area contributed by atoms with Crippen LogP contribution < -0.4 is 4.90 Å². The number of benzene rings is 1. The zero-order chi connectivity index (χ0) is 15.2. The topological polar surface area (TPSA) is 53.7 Å². The zero-order valence-corrected chi connectivity index (χ0v) is 12.5. The Labute approximate surface area is 125 Å². The smallest absolute Gasteiger partial charge is 0.305 e. The van der Waals surface area contributed by atoms with Crippen molar-refractivity contribution < 1.29 is 14.3 Å². The molecule has 0 aliphatic rings. The highest BCUT2D eigenvalue weighted by Gasteiger charge is 2.23. The number of aryl methyl sites for hydroxylation is 1. The minimum atomic E-state index is -0.789. The van der Waals surface area contributed by atoms with E-state index in [9.17, 15) is 4.79 Å². The van der Waals surface area contributed by atoms with Gasteiger partial charge in [0.15, 0.2) is 0 Å². The van der Waals surface area contributed by atoms with E-state index < -0.39 is 5.97 Å². The predicted octanol–water partition coefficient (Wildman–Crippen LogP) is 4.02. The maximum Gasteiger partial charge on any atom is 0.305 e. The van der Waals surface area contributed by atoms with Gasteiger partial charge in [-0.1, -0.05) is 25.1 Å². The summed E-state index contributed by atoms with van der Waals surface area (Å²) in [4.78, 5) is 13.1. The number of nitrogens with zero attached hydrogens (tertiary/aromatic N) is 1. The Bertz CT molecular complexity index is 577. The summed E-state index contributed by atoms with van der Waals surface area (Å²) in [5.74, 6) is 0.0778. The minimum absolute atomic E-state index is 0.0421. The quantitative estimate of drug-likeness (QED) is 0.835. The molecule has 0 spiro atoms. The van der Waals surface area contributed by atoms with E-state index >= 15 is 0 Å². The third-order valence-corrected chi connectivity index (χ3v) is 3.63. The second kappa shape index (κ2) is 6.97. The van der Waals surface area contributed by atoms with E-state index in [1.807, 2.05) is 43.3 Å². The predicted molar refractivity (Wildman–Crippen MR) is 82.5 cm³/mol. The molecular formula is C17H21NO3. The summed E-state index contributed by atoms with van der Waals surface area (Å²) in [5, 5.41) is 9.01. The van der Waals surface area contributed by atoms with Crippen LogP contribution in [0.3, 0.4) is 0 Å². The lowest BCUT2D eigenvalue weighted by Gasteiger charge is -2.32. The van der Waals surface area contributed by atoms with Crippen LogP contribution in [0.15, 0.2) is 47.1 Å². The number of furan rings is 1. The maximum absolute atomic E-state index is 11.0. The van der Waals surface area contributed by atoms with Crippen LogP contribution in [0.4, 0.5) is 5.69 Å². The molecule has 0 fully saturated rings. The summed E-state index contributed by atoms with van der Waals surface area (Å²) in [6.45, 7) is 4.58. The van der Waals surface area contributed by atoms with Gasteiger partial charge in [-0.15, -0.1) is 0 Å². The van der Waals surface area contributed by atoms with Crippen LogP contribution in [0.5, 0.6) is 0 Å². The van der Waals surface area contributed by atoms with E-state index in [1.165, 1.54) is 0 Å². The van der Waals surface area contributed by atoms with Crippen molar-refractivity contribution in [2.45, 2.75) is 32.7 Å². The second-order valence-corrected chi connectivity index (χ2v) is 5.06. The van der Waals surface area contributed by atoms with Gasteiger partial charge in [-0.25, -0.2) is 0 Å². The fraction of sp³-hybridized carbons (Fsp3) is 0.353. The van der Waals surface area contributed by atoms with Crippen LogP contribution in [-0.2, 0) is 4.79 Å². The number of hydrogen-bond acceptors (Lipinski definition) is 3. The van der Waals surface area contributed by atoms with Gasteiger partial charge in [0.25, 0.3) is 0 Å². The molecule has 0 saturated carbocycles. The Morgan fingerprint density at radius 2 is 2.05 bits per heavy atom. The van der Waals surface area contributed by atoms with Crippen molar-refractivity contribution >= 4 is 11.7 Å². The molecule has 0 bridgehead atoms. The monoisotopic (exact) mass is 287 g/mol. The van der Waals surface area contributed by atoms with E-state index in [4.69, 9.17) is 9.52 Å². The molecule has 4 nitrogen and oxygen atoms in total. The second-order valence-electron chi connectivity index (χ2n) is 5.06. The first kappa shape index (κ1) is 15.2. The number of para-hydroxylation sites is 1. The summed E-state index contributed by atoms with van der Waals surface area (Å²) < 4.78 is 5.55. The van der Waals surface area contributed by atoms with Crippen molar-refractivity contribution in [2.75, 3.05) is 11.4 Å². The normalized spacial score (nSPS) is 12.1. The van der Waals surface area contributed by atoms with E-state index in [0.717, 1.165) is 23.4 Å². The Morgan fingerprint density at radius 1 is 1.29 bits per heavy atom. The fourth-order valence-electron chi connectivity index (χ4n) is 2.60. The molecule has 2 rings (SSSR count). The van der Waals surface area contributed by atoms with E-state index in [0.29, 0.717) is 6.54 Å². The lowest BCUT2D eigenvalue weighted by molar-refractivity contribution is -0.136. The van der Waals surface area contributed by atoms with Gasteiger partial charge in [0.2, 0.25) is 0 Å². The molecule has 1 aromatic carbocycles. The summed E-state index contributed by atoms with van der Waals surface area (Å²) in [5.41, 5.74) is 2.19. The van der Waals surface area contributed by atoms with Gasteiger partial charge in [0.05, 0.1) is 18.7 Å². The molecule has 1 atom stereocenters. The van der Waals surface area contributed by atoms with Gasteiger partial charge >= 0.3 is 5.97 Å². The van der Waals surface area contributed by atoms with Gasteiger partial charge < -0.3 is 14.4 Å². The van der Waals surface area contributed by atoms with Crippen molar-refractivity contribution in [1.82, 2.24) is 0 Å². The van der Waals surface area contributed by atoms with Crippen molar-refractivity contribution in [1.29, 1.82) is 0 Å². The Hall–Kier alpha value is -2.23. The van der Waals surface area contributed by atoms with Crippen molar-refractivity contribution in [3.63, 3.8) is 0 Å². The van der Waals surface area contributed by atoms with Crippen LogP contribution in [0.25, 0.3) is 0 Å². The van der Waals surface area contributed by atoms with Crippen molar-refractivity contribution in [2.24, 2.45) is 0 Å². The van der Waals surface area contributed by atoms with E-state index in [1.54, 1.807) is 6.26 Å². The summed E-state index contributed by atoms with van der Waals surface area (Å²) in [7, 11) is 0. The molecule has 1 unspecified atom stereocenters. The standard InChI is InChI=1S/C17H21NO3/c1-3-14(16-9-6-12-21-16)18(11-10-17(19)20)15-8-5-4-7-13(15)2/h4-9,12,14H,3,10-11H2,1-2H3,(H,19,20). The zero-order valence-electron chi connectivity index (χ0n) is 12.5. The lowest BCUT2D eigenvalue weighted by atomic mass is 10.1. The number of carboxylic acids is 1. The Morgan fingerprint density at radius 3 is 2.62 bits per heavy atom. The van der Waals surface area contributed by atoms with Gasteiger partial charge in [0, 0.05) is 12.2 Å². The van der Waals surface area contributed by atoms with Gasteiger partial charge in [0.1, 0.15) is 5.76 Å². The molecule has 1 N–H and O–H groups in total. The molecule has 2 aromatic rings. The highest BCUT2D eigenvalue weighted by atomic mass is 16.4. The average molecular weight is 287 g/mol. The third kappa shape index (κ3) is 3.66. The first-order valence-electron chi connectivity index (χ1n) is 7.21. The van der Waals surface area contributed by atoms with Crippen molar-refractivity contribution in [3.8, 4) is 0 Å². The van der Waals surface area contributed by atoms with Crippen LogP contribution in [-0.4, -0.2) is 17.6 Å². The van der Waals surface area contributed by atoms with Crippen LogP contribution in [0, 0.1) is 6.92 Å². The molecule has 1 aromatic heterocycles. The summed E-state index contributed by atoms with van der Waals surface area (Å²) in [6.07, 6.45) is 2.61. The molecule has 112 valence electrons. The lowest BCUT2D eigenvalue weighted by Crippen LogP contribution is -2.31. The molecule has 1 heterocycles. The Balaban J connectivity index is 2.35. The van der Waals surface area contributed by atoms with Gasteiger partial charge in [-0.2, -0.15) is 0 Å². The number of carboxylic acid groups (broad SMARTS) is 1. The van der Waals surface area contributed by atoms with Crippen LogP contribution >= 0.6 is 0 Å². The van der Waals surface area contributed by atoms with Crippen molar-refractivity contribution in [3.05, 3.63) is 54.0 Å². The maximum atomic E-state index is 11.0. The first-order chi connectivity index (χ1) is 10.1. The number of rotatable bonds is 7. The van der Waals surface area contributed by atoms with Crippen LogP contribution in [0.2, 0.25) is 0 Å². The first-order valence-corrected chi connectivity index (χ1v) is 7.21. The van der Waals surface area contributed by atoms with Crippen LogP contribution in [0.1, 0.15) is 37.1 Å². The van der Waals surface area contributed by atoms with E-state index in [2.05, 4.69) is 11.8 Å². The number of aliphatic carboxylic acids is 1. The molecule has 0 aliphatic heterocycles. The number of carbonyl (C=O) groups is 1. The summed E-state index contributed by atoms with van der Waals surface area (Å²) in [6, 6.07) is 11.9. The molecule has 0 radical (unpaired) electrons. The molecular weight excluding hydrogens is 266 g/mol. The van der Waals surface area contributed by atoms with Gasteiger partial charge in [-0.05, 0) is 37.1 Å². The molecule has 0 aliphatic carbocycles. The Kier molecular flexibility index (Phi) is 5.04. The van der Waals surface area contributed by atoms with E-state index in [-0.39, 0.29) is 12.5 Å². The third-order valence-electron chi connectivity index (χ3n) is 3.63. The molecule has 21 heavy (non-hydrogen) atoms. The average Bonchev–Trinajstić information content (AvgIpc) is 2.98. The SMILES string of the molecule is CCC(c1ccco1)N(CCC(=O)O)c1ccccc1C. The van der Waals surface area contributed by atoms with Gasteiger partial charge in [-0.3, -0.25) is 4.79 Å². The highest BCUT2D eigenvalue weighted by Crippen LogP contribution is 2.32. The minimum Gasteiger partial charge on any atom is -0.481 e. The molecule has 4 heteroatoms. The largest absolute Gasteiger partial charge is 0.481 e. The summed E-state index contributed by atoms with van der Waals surface area (Å²) >= 11 is 0. The fourth-order valence-corrected chi connectivity index (χ4v) is 2.60. The number of anilines is 1.